The van der Waals surface area contributed by atoms with Gasteiger partial charge in [0.1, 0.15) is 0 Å². The number of hydrogen-bond donors (Lipinski definition) is 1. The molecule has 1 saturated carbocycles. The highest BCUT2D eigenvalue weighted by molar-refractivity contribution is 7.89. The zero-order valence-electron chi connectivity index (χ0n) is 11.7. The maximum Gasteiger partial charge on any atom is 0.371 e. The topological polar surface area (TPSA) is 87.8 Å². The normalized spacial score (nSPS) is 27.2. The van der Waals surface area contributed by atoms with E-state index in [9.17, 15) is 13.2 Å². The van der Waals surface area contributed by atoms with E-state index in [4.69, 9.17) is 9.52 Å². The molecule has 1 aromatic heterocycles. The van der Waals surface area contributed by atoms with Crippen LogP contribution in [0, 0.1) is 5.92 Å². The lowest BCUT2D eigenvalue weighted by Crippen LogP contribution is -2.49. The van der Waals surface area contributed by atoms with Crippen molar-refractivity contribution in [2.24, 2.45) is 5.92 Å². The van der Waals surface area contributed by atoms with Gasteiger partial charge in [-0.3, -0.25) is 0 Å². The summed E-state index contributed by atoms with van der Waals surface area (Å²) >= 11 is 0. The first-order chi connectivity index (χ1) is 10.00. The van der Waals surface area contributed by atoms with Crippen molar-refractivity contribution in [3.63, 3.8) is 0 Å². The predicted molar refractivity (Wildman–Crippen MR) is 74.5 cm³/mol. The molecular formula is C14H19NO5S. The van der Waals surface area contributed by atoms with E-state index in [1.807, 2.05) is 0 Å². The van der Waals surface area contributed by atoms with Gasteiger partial charge in [0.15, 0.2) is 0 Å². The highest BCUT2D eigenvalue weighted by Crippen LogP contribution is 2.38. The Morgan fingerprint density at radius 2 is 1.90 bits per heavy atom. The summed E-state index contributed by atoms with van der Waals surface area (Å²) in [6.45, 7) is 0.493. The van der Waals surface area contributed by atoms with Crippen molar-refractivity contribution in [3.8, 4) is 0 Å². The molecule has 0 aromatic carbocycles. The Labute approximate surface area is 123 Å². The molecule has 2 atom stereocenters. The van der Waals surface area contributed by atoms with Crippen LogP contribution in [0.4, 0.5) is 0 Å². The molecule has 21 heavy (non-hydrogen) atoms. The second kappa shape index (κ2) is 5.46. The minimum atomic E-state index is -3.74. The Hall–Kier alpha value is -1.34. The number of carboxylic acids is 1. The Bertz CT molecular complexity index is 634. The predicted octanol–water partition coefficient (Wildman–Crippen LogP) is 2.32. The Morgan fingerprint density at radius 1 is 1.19 bits per heavy atom. The summed E-state index contributed by atoms with van der Waals surface area (Å²) in [5.74, 6) is -1.17. The summed E-state index contributed by atoms with van der Waals surface area (Å²) in [5.41, 5.74) is 0. The number of piperidine rings is 1. The maximum atomic E-state index is 12.7. The summed E-state index contributed by atoms with van der Waals surface area (Å²) in [6, 6.07) is 2.47. The summed E-state index contributed by atoms with van der Waals surface area (Å²) in [5, 5.41) is 8.60. The summed E-state index contributed by atoms with van der Waals surface area (Å²) in [4.78, 5) is 10.8. The van der Waals surface area contributed by atoms with E-state index in [1.54, 1.807) is 0 Å². The van der Waals surface area contributed by atoms with Gasteiger partial charge in [-0.05, 0) is 43.7 Å². The molecule has 0 amide bonds. The van der Waals surface area contributed by atoms with Gasteiger partial charge in [-0.25, -0.2) is 13.2 Å². The lowest BCUT2D eigenvalue weighted by Gasteiger charge is -2.42. The summed E-state index contributed by atoms with van der Waals surface area (Å²) in [6.07, 6.45) is 6.11. The number of sulfonamides is 1. The monoisotopic (exact) mass is 313 g/mol. The molecule has 1 N–H and O–H groups in total. The number of hydrogen-bond acceptors (Lipinski definition) is 4. The zero-order chi connectivity index (χ0) is 15.0. The third-order valence-corrected chi connectivity index (χ3v) is 6.35. The molecule has 1 saturated heterocycles. The van der Waals surface area contributed by atoms with Crippen molar-refractivity contribution >= 4 is 16.0 Å². The molecular weight excluding hydrogens is 294 g/mol. The molecule has 2 aliphatic rings. The number of furan rings is 1. The van der Waals surface area contributed by atoms with Crippen LogP contribution in [0.1, 0.15) is 49.1 Å². The van der Waals surface area contributed by atoms with Crippen molar-refractivity contribution in [2.75, 3.05) is 6.54 Å². The van der Waals surface area contributed by atoms with E-state index in [-0.39, 0.29) is 16.9 Å². The van der Waals surface area contributed by atoms with Crippen LogP contribution < -0.4 is 0 Å². The van der Waals surface area contributed by atoms with Gasteiger partial charge in [0.2, 0.25) is 10.9 Å². The minimum absolute atomic E-state index is 0.0379. The number of fused-ring (bicyclic) bond motifs is 1. The van der Waals surface area contributed by atoms with Crippen LogP contribution in [-0.4, -0.2) is 36.4 Å². The molecule has 2 fully saturated rings. The van der Waals surface area contributed by atoms with Crippen molar-refractivity contribution in [2.45, 2.75) is 49.7 Å². The molecule has 3 rings (SSSR count). The van der Waals surface area contributed by atoms with Crippen LogP contribution in [0.5, 0.6) is 0 Å². The van der Waals surface area contributed by atoms with Gasteiger partial charge in [0.25, 0.3) is 10.0 Å². The maximum absolute atomic E-state index is 12.7. The average molecular weight is 313 g/mol. The molecule has 7 heteroatoms. The van der Waals surface area contributed by atoms with Gasteiger partial charge in [-0.2, -0.15) is 4.31 Å². The van der Waals surface area contributed by atoms with Crippen LogP contribution in [0.3, 0.4) is 0 Å². The first-order valence-corrected chi connectivity index (χ1v) is 8.79. The second-order valence-corrected chi connectivity index (χ2v) is 7.62. The van der Waals surface area contributed by atoms with Crippen LogP contribution in [0.15, 0.2) is 21.6 Å². The van der Waals surface area contributed by atoms with Gasteiger partial charge in [0.05, 0.1) is 0 Å². The largest absolute Gasteiger partial charge is 0.475 e. The number of rotatable bonds is 3. The van der Waals surface area contributed by atoms with Crippen molar-refractivity contribution in [1.29, 1.82) is 0 Å². The van der Waals surface area contributed by atoms with Crippen molar-refractivity contribution < 1.29 is 22.7 Å². The lowest BCUT2D eigenvalue weighted by molar-refractivity contribution is 0.0655. The van der Waals surface area contributed by atoms with E-state index in [1.165, 1.54) is 22.9 Å². The molecule has 1 aliphatic carbocycles. The molecule has 0 bridgehead atoms. The fourth-order valence-corrected chi connectivity index (χ4v) is 5.24. The third-order valence-electron chi connectivity index (χ3n) is 4.55. The van der Waals surface area contributed by atoms with Crippen molar-refractivity contribution in [1.82, 2.24) is 4.31 Å². The van der Waals surface area contributed by atoms with Gasteiger partial charge in [0, 0.05) is 12.6 Å². The molecule has 0 spiro atoms. The molecule has 6 nitrogen and oxygen atoms in total. The van der Waals surface area contributed by atoms with Crippen LogP contribution in [-0.2, 0) is 10.0 Å². The molecule has 2 unspecified atom stereocenters. The first-order valence-electron chi connectivity index (χ1n) is 7.35. The average Bonchev–Trinajstić information content (AvgIpc) is 2.97. The fourth-order valence-electron chi connectivity index (χ4n) is 3.57. The van der Waals surface area contributed by atoms with Crippen LogP contribution in [0.2, 0.25) is 0 Å². The van der Waals surface area contributed by atoms with E-state index in [0.29, 0.717) is 12.5 Å². The van der Waals surface area contributed by atoms with Gasteiger partial charge < -0.3 is 9.52 Å². The Morgan fingerprint density at radius 3 is 2.62 bits per heavy atom. The SMILES string of the molecule is O=C(O)c1ccc(S(=O)(=O)N2CCCC3CCCCC32)o1. The van der Waals surface area contributed by atoms with Gasteiger partial charge >= 0.3 is 5.97 Å². The fraction of sp³-hybridized carbons (Fsp3) is 0.643. The quantitative estimate of drug-likeness (QED) is 0.925. The van der Waals surface area contributed by atoms with Crippen LogP contribution >= 0.6 is 0 Å². The van der Waals surface area contributed by atoms with E-state index >= 15 is 0 Å². The summed E-state index contributed by atoms with van der Waals surface area (Å²) in [7, 11) is -3.74. The zero-order valence-corrected chi connectivity index (χ0v) is 12.5. The summed E-state index contributed by atoms with van der Waals surface area (Å²) < 4.78 is 32.0. The van der Waals surface area contributed by atoms with E-state index in [2.05, 4.69) is 0 Å². The molecule has 2 heterocycles. The Balaban J connectivity index is 1.90. The van der Waals surface area contributed by atoms with E-state index in [0.717, 1.165) is 32.1 Å². The van der Waals surface area contributed by atoms with E-state index < -0.39 is 16.0 Å². The standard InChI is InChI=1S/C14H19NO5S/c16-14(17)12-7-8-13(20-12)21(18,19)15-9-3-5-10-4-1-2-6-11(10)15/h7-8,10-11H,1-6,9H2,(H,16,17). The molecule has 1 aromatic rings. The lowest BCUT2D eigenvalue weighted by atomic mass is 9.79. The first kappa shape index (κ1) is 14.6. The second-order valence-electron chi connectivity index (χ2n) is 5.79. The highest BCUT2D eigenvalue weighted by Gasteiger charge is 2.41. The minimum Gasteiger partial charge on any atom is -0.475 e. The number of carboxylic acid groups (broad SMARTS) is 1. The molecule has 0 radical (unpaired) electrons. The third kappa shape index (κ3) is 2.60. The smallest absolute Gasteiger partial charge is 0.371 e. The molecule has 116 valence electrons. The van der Waals surface area contributed by atoms with Gasteiger partial charge in [-0.15, -0.1) is 0 Å². The number of carbonyl (C=O) groups is 1. The highest BCUT2D eigenvalue weighted by atomic mass is 32.2. The Kier molecular flexibility index (Phi) is 3.79. The van der Waals surface area contributed by atoms with Gasteiger partial charge in [-0.1, -0.05) is 12.8 Å². The number of nitrogens with zero attached hydrogens (tertiary/aromatic N) is 1. The molecule has 1 aliphatic heterocycles. The van der Waals surface area contributed by atoms with Crippen LogP contribution in [0.25, 0.3) is 0 Å². The number of aromatic carboxylic acids is 1. The van der Waals surface area contributed by atoms with Crippen molar-refractivity contribution in [3.05, 3.63) is 17.9 Å².